The van der Waals surface area contributed by atoms with Crippen LogP contribution in [0.3, 0.4) is 0 Å². The lowest BCUT2D eigenvalue weighted by atomic mass is 9.96. The molecule has 2 rings (SSSR count). The quantitative estimate of drug-likeness (QED) is 0.869. The van der Waals surface area contributed by atoms with Gasteiger partial charge in [-0.15, -0.1) is 0 Å². The summed E-state index contributed by atoms with van der Waals surface area (Å²) >= 11 is 6.32. The second-order valence-corrected chi connectivity index (χ2v) is 4.92. The van der Waals surface area contributed by atoms with Crippen LogP contribution in [0.25, 0.3) is 0 Å². The molecule has 0 fully saturated rings. The van der Waals surface area contributed by atoms with E-state index >= 15 is 0 Å². The molecule has 0 aromatic heterocycles. The van der Waals surface area contributed by atoms with Crippen molar-refractivity contribution in [1.82, 2.24) is 0 Å². The Hall–Kier alpha value is -1.06. The molecule has 0 radical (unpaired) electrons. The zero-order valence-corrected chi connectivity index (χ0v) is 10.9. The van der Waals surface area contributed by atoms with E-state index in [1.165, 1.54) is 0 Å². The Bertz CT molecular complexity index is 471. The van der Waals surface area contributed by atoms with Crippen LogP contribution in [0.1, 0.15) is 36.0 Å². The molecule has 1 aromatic carbocycles. The van der Waals surface area contributed by atoms with Crippen LogP contribution in [-0.4, -0.2) is 12.5 Å². The molecule has 3 N–H and O–H groups in total. The van der Waals surface area contributed by atoms with Gasteiger partial charge in [-0.25, -0.2) is 0 Å². The number of anilines is 1. The number of benzene rings is 1. The molecule has 92 valence electrons. The maximum absolute atomic E-state index is 11.6. The number of halogens is 1. The third kappa shape index (κ3) is 2.05. The number of fused-ring (bicyclic) bond motifs is 1. The lowest BCUT2D eigenvalue weighted by molar-refractivity contribution is -0.116. The van der Waals surface area contributed by atoms with E-state index in [0.717, 1.165) is 40.2 Å². The lowest BCUT2D eigenvalue weighted by Gasteiger charge is -2.12. The number of hydrogen-bond acceptors (Lipinski definition) is 2. The summed E-state index contributed by atoms with van der Waals surface area (Å²) in [5, 5.41) is 3.65. The van der Waals surface area contributed by atoms with E-state index in [-0.39, 0.29) is 11.8 Å². The predicted molar refractivity (Wildman–Crippen MR) is 70.6 cm³/mol. The smallest absolute Gasteiger partial charge is 0.231 e. The second-order valence-electron chi connectivity index (χ2n) is 4.54. The van der Waals surface area contributed by atoms with Crippen molar-refractivity contribution < 1.29 is 4.79 Å². The fourth-order valence-corrected chi connectivity index (χ4v) is 2.49. The minimum atomic E-state index is -0.0856. The average Bonchev–Trinajstić information content (AvgIpc) is 2.59. The van der Waals surface area contributed by atoms with Crippen molar-refractivity contribution in [2.45, 2.75) is 32.6 Å². The molecule has 1 aromatic rings. The first-order valence-electron chi connectivity index (χ1n) is 5.89. The minimum Gasteiger partial charge on any atom is -0.330 e. The maximum atomic E-state index is 11.6. The minimum absolute atomic E-state index is 0.0511. The molecule has 17 heavy (non-hydrogen) atoms. The Labute approximate surface area is 106 Å². The van der Waals surface area contributed by atoms with Crippen LogP contribution >= 0.6 is 11.6 Å². The van der Waals surface area contributed by atoms with Crippen LogP contribution in [0.2, 0.25) is 5.02 Å². The lowest BCUT2D eigenvalue weighted by Crippen LogP contribution is -2.08. The van der Waals surface area contributed by atoms with Crippen molar-refractivity contribution in [1.29, 1.82) is 0 Å². The van der Waals surface area contributed by atoms with Crippen LogP contribution in [0.4, 0.5) is 5.69 Å². The molecule has 1 amide bonds. The Morgan fingerprint density at radius 2 is 2.24 bits per heavy atom. The van der Waals surface area contributed by atoms with Crippen molar-refractivity contribution in [2.75, 3.05) is 11.9 Å². The van der Waals surface area contributed by atoms with E-state index in [1.54, 1.807) is 0 Å². The van der Waals surface area contributed by atoms with Gasteiger partial charge >= 0.3 is 0 Å². The van der Waals surface area contributed by atoms with E-state index in [4.69, 9.17) is 17.3 Å². The Morgan fingerprint density at radius 3 is 2.88 bits per heavy atom. The van der Waals surface area contributed by atoms with Crippen LogP contribution in [0, 0.1) is 6.92 Å². The highest BCUT2D eigenvalue weighted by molar-refractivity contribution is 6.33. The number of nitrogens with two attached hydrogens (primary N) is 1. The van der Waals surface area contributed by atoms with Crippen molar-refractivity contribution in [3.8, 4) is 0 Å². The van der Waals surface area contributed by atoms with E-state index in [9.17, 15) is 4.79 Å². The van der Waals surface area contributed by atoms with Gasteiger partial charge < -0.3 is 11.1 Å². The third-order valence-electron chi connectivity index (χ3n) is 3.36. The van der Waals surface area contributed by atoms with Gasteiger partial charge in [-0.05, 0) is 49.9 Å². The summed E-state index contributed by atoms with van der Waals surface area (Å²) in [6.45, 7) is 4.52. The topological polar surface area (TPSA) is 55.1 Å². The highest BCUT2D eigenvalue weighted by Crippen LogP contribution is 2.40. The third-order valence-corrected chi connectivity index (χ3v) is 3.89. The number of hydrogen-bond donors (Lipinski definition) is 2. The summed E-state index contributed by atoms with van der Waals surface area (Å²) in [7, 11) is 0. The molecule has 1 aliphatic heterocycles. The van der Waals surface area contributed by atoms with Crippen molar-refractivity contribution in [2.24, 2.45) is 5.73 Å². The van der Waals surface area contributed by atoms with Crippen molar-refractivity contribution >= 4 is 23.2 Å². The van der Waals surface area contributed by atoms with E-state index in [1.807, 2.05) is 19.9 Å². The van der Waals surface area contributed by atoms with Crippen LogP contribution in [-0.2, 0) is 11.2 Å². The van der Waals surface area contributed by atoms with Gasteiger partial charge in [-0.3, -0.25) is 4.79 Å². The van der Waals surface area contributed by atoms with E-state index in [2.05, 4.69) is 5.32 Å². The summed E-state index contributed by atoms with van der Waals surface area (Å²) in [4.78, 5) is 11.6. The summed E-state index contributed by atoms with van der Waals surface area (Å²) in [6, 6.07) is 2.04. The van der Waals surface area contributed by atoms with Crippen LogP contribution in [0.15, 0.2) is 6.07 Å². The Morgan fingerprint density at radius 1 is 1.53 bits per heavy atom. The summed E-state index contributed by atoms with van der Waals surface area (Å²) < 4.78 is 0. The molecule has 0 saturated heterocycles. The van der Waals surface area contributed by atoms with Gasteiger partial charge in [-0.2, -0.15) is 0 Å². The van der Waals surface area contributed by atoms with Gasteiger partial charge in [0.25, 0.3) is 0 Å². The predicted octanol–water partition coefficient (Wildman–Crippen LogP) is 2.60. The monoisotopic (exact) mass is 252 g/mol. The van der Waals surface area contributed by atoms with Crippen LogP contribution < -0.4 is 11.1 Å². The molecule has 1 heterocycles. The first kappa shape index (κ1) is 12.4. The number of aryl methyl sites for hydroxylation is 1. The molecule has 4 heteroatoms. The highest BCUT2D eigenvalue weighted by Gasteiger charge is 2.29. The molecule has 1 atom stereocenters. The van der Waals surface area contributed by atoms with E-state index < -0.39 is 0 Å². The number of carbonyl (C=O) groups excluding carboxylic acids is 1. The summed E-state index contributed by atoms with van der Waals surface area (Å²) in [5.74, 6) is -0.0345. The Balaban J connectivity index is 2.46. The maximum Gasteiger partial charge on any atom is 0.231 e. The van der Waals surface area contributed by atoms with Gasteiger partial charge in [0.2, 0.25) is 5.91 Å². The number of carbonyl (C=O) groups is 1. The summed E-state index contributed by atoms with van der Waals surface area (Å²) in [6.07, 6.45) is 1.78. The van der Waals surface area contributed by atoms with Crippen molar-refractivity contribution in [3.63, 3.8) is 0 Å². The molecule has 0 aliphatic carbocycles. The summed E-state index contributed by atoms with van der Waals surface area (Å²) in [5.41, 5.74) is 9.53. The molecule has 1 unspecified atom stereocenters. The molecule has 0 spiro atoms. The molecule has 3 nitrogen and oxygen atoms in total. The van der Waals surface area contributed by atoms with Gasteiger partial charge in [0.05, 0.1) is 5.92 Å². The van der Waals surface area contributed by atoms with Gasteiger partial charge in [0.15, 0.2) is 0 Å². The molecular weight excluding hydrogens is 236 g/mol. The standard InChI is InChI=1S/C13H17ClN2O/c1-7-10-6-9(4-3-5-15)11(14)8(2)12(10)16-13(7)17/h6-7H,3-5,15H2,1-2H3,(H,16,17). The van der Waals surface area contributed by atoms with Gasteiger partial charge in [0, 0.05) is 10.7 Å². The average molecular weight is 253 g/mol. The SMILES string of the molecule is Cc1c(Cl)c(CCCN)cc2c1NC(=O)C2C. The molecular formula is C13H17ClN2O. The zero-order chi connectivity index (χ0) is 12.6. The van der Waals surface area contributed by atoms with E-state index in [0.29, 0.717) is 6.54 Å². The normalized spacial score (nSPS) is 18.1. The first-order valence-corrected chi connectivity index (χ1v) is 6.26. The van der Waals surface area contributed by atoms with Crippen LogP contribution in [0.5, 0.6) is 0 Å². The van der Waals surface area contributed by atoms with Gasteiger partial charge in [-0.1, -0.05) is 17.7 Å². The fraction of sp³-hybridized carbons (Fsp3) is 0.462. The molecule has 1 aliphatic rings. The molecule has 0 bridgehead atoms. The largest absolute Gasteiger partial charge is 0.330 e. The highest BCUT2D eigenvalue weighted by atomic mass is 35.5. The number of nitrogens with one attached hydrogen (secondary N) is 1. The fourth-order valence-electron chi connectivity index (χ4n) is 2.24. The Kier molecular flexibility index (Phi) is 3.40. The second kappa shape index (κ2) is 4.67. The van der Waals surface area contributed by atoms with Crippen molar-refractivity contribution in [3.05, 3.63) is 27.8 Å². The first-order chi connectivity index (χ1) is 8.06. The zero-order valence-electron chi connectivity index (χ0n) is 10.1. The number of rotatable bonds is 3. The molecule has 0 saturated carbocycles. The van der Waals surface area contributed by atoms with Gasteiger partial charge in [0.1, 0.15) is 0 Å². The number of amides is 1.